The van der Waals surface area contributed by atoms with Gasteiger partial charge in [-0.05, 0) is 52.2 Å². The van der Waals surface area contributed by atoms with Crippen LogP contribution in [0.1, 0.15) is 27.0 Å². The number of benzene rings is 1. The van der Waals surface area contributed by atoms with E-state index < -0.39 is 6.10 Å². The number of carbonyl (C=O) groups is 1. The summed E-state index contributed by atoms with van der Waals surface area (Å²) in [6.45, 7) is 0.873. The Morgan fingerprint density at radius 1 is 1.12 bits per heavy atom. The van der Waals surface area contributed by atoms with Crippen LogP contribution in [0.5, 0.6) is 5.75 Å². The summed E-state index contributed by atoms with van der Waals surface area (Å²) >= 11 is 3.06. The van der Waals surface area contributed by atoms with Crippen LogP contribution in [0.4, 0.5) is 4.79 Å². The van der Waals surface area contributed by atoms with E-state index in [0.717, 1.165) is 26.6 Å². The molecule has 0 fully saturated rings. The Bertz CT molecular complexity index is 829. The number of methoxy groups -OCH3 is 1. The molecule has 26 heavy (non-hydrogen) atoms. The number of hydrogen-bond acceptors (Lipinski definition) is 5. The van der Waals surface area contributed by atoms with Crippen LogP contribution >= 0.6 is 22.7 Å². The first-order chi connectivity index (χ1) is 12.7. The molecule has 0 radical (unpaired) electrons. The maximum atomic E-state index is 11.9. The van der Waals surface area contributed by atoms with Crippen LogP contribution in [0.2, 0.25) is 0 Å². The largest absolute Gasteiger partial charge is 0.497 e. The van der Waals surface area contributed by atoms with Crippen molar-refractivity contribution in [3.63, 3.8) is 0 Å². The third-order valence-electron chi connectivity index (χ3n) is 3.85. The second-order valence-electron chi connectivity index (χ2n) is 5.65. The highest BCUT2D eigenvalue weighted by Gasteiger charge is 2.13. The second-order valence-corrected chi connectivity index (χ2v) is 7.63. The highest BCUT2D eigenvalue weighted by atomic mass is 32.1. The molecule has 1 aromatic carbocycles. The first kappa shape index (κ1) is 18.4. The van der Waals surface area contributed by atoms with E-state index in [1.54, 1.807) is 18.4 Å². The lowest BCUT2D eigenvalue weighted by atomic mass is 10.2. The monoisotopic (exact) mass is 388 g/mol. The van der Waals surface area contributed by atoms with E-state index in [2.05, 4.69) is 10.6 Å². The van der Waals surface area contributed by atoms with Crippen molar-refractivity contribution in [2.45, 2.75) is 19.2 Å². The number of rotatable bonds is 7. The van der Waals surface area contributed by atoms with Crippen LogP contribution in [0, 0.1) is 0 Å². The summed E-state index contributed by atoms with van der Waals surface area (Å²) < 4.78 is 5.11. The summed E-state index contributed by atoms with van der Waals surface area (Å²) in [4.78, 5) is 13.8. The third kappa shape index (κ3) is 4.85. The van der Waals surface area contributed by atoms with Gasteiger partial charge in [0.25, 0.3) is 0 Å². The molecule has 2 heterocycles. The Balaban J connectivity index is 1.45. The van der Waals surface area contributed by atoms with Gasteiger partial charge in [0.1, 0.15) is 11.9 Å². The molecule has 0 aliphatic heterocycles. The number of urea groups is 1. The molecule has 2 amide bonds. The Labute approximate surface area is 160 Å². The molecule has 136 valence electrons. The van der Waals surface area contributed by atoms with Gasteiger partial charge in [0.2, 0.25) is 0 Å². The summed E-state index contributed by atoms with van der Waals surface area (Å²) in [6.07, 6.45) is -0.608. The van der Waals surface area contributed by atoms with Gasteiger partial charge in [0.15, 0.2) is 0 Å². The third-order valence-corrected chi connectivity index (χ3v) is 5.69. The minimum atomic E-state index is -0.608. The summed E-state index contributed by atoms with van der Waals surface area (Å²) in [6, 6.07) is 13.1. The maximum Gasteiger partial charge on any atom is 0.315 e. The number of thiophene rings is 2. The average molecular weight is 389 g/mol. The fourth-order valence-corrected chi connectivity index (χ4v) is 4.03. The molecule has 0 unspecified atom stereocenters. The molecule has 5 nitrogen and oxygen atoms in total. The summed E-state index contributed by atoms with van der Waals surface area (Å²) in [7, 11) is 1.62. The lowest BCUT2D eigenvalue weighted by molar-refractivity contribution is 0.224. The van der Waals surface area contributed by atoms with E-state index in [1.165, 1.54) is 11.3 Å². The van der Waals surface area contributed by atoms with Gasteiger partial charge in [-0.2, -0.15) is 11.3 Å². The van der Waals surface area contributed by atoms with Crippen molar-refractivity contribution in [1.29, 1.82) is 0 Å². The Hall–Kier alpha value is -2.35. The van der Waals surface area contributed by atoms with E-state index in [9.17, 15) is 9.90 Å². The highest BCUT2D eigenvalue weighted by Crippen LogP contribution is 2.29. The van der Waals surface area contributed by atoms with Crippen molar-refractivity contribution in [1.82, 2.24) is 10.6 Å². The predicted octanol–water partition coefficient (Wildman–Crippen LogP) is 3.90. The molecule has 0 spiro atoms. The van der Waals surface area contributed by atoms with E-state index >= 15 is 0 Å². The van der Waals surface area contributed by atoms with Crippen LogP contribution in [-0.2, 0) is 13.1 Å². The predicted molar refractivity (Wildman–Crippen MR) is 105 cm³/mol. The number of aliphatic hydroxyl groups excluding tert-OH is 1. The summed E-state index contributed by atoms with van der Waals surface area (Å²) in [5.41, 5.74) is 1.90. The summed E-state index contributed by atoms with van der Waals surface area (Å²) in [5.74, 6) is 0.788. The molecule has 0 bridgehead atoms. The topological polar surface area (TPSA) is 70.6 Å². The lowest BCUT2D eigenvalue weighted by Gasteiger charge is -2.08. The molecular formula is C19H20N2O3S2. The van der Waals surface area contributed by atoms with Crippen LogP contribution < -0.4 is 15.4 Å². The normalized spacial score (nSPS) is 11.8. The quantitative estimate of drug-likeness (QED) is 0.575. The van der Waals surface area contributed by atoms with Gasteiger partial charge in [0.05, 0.1) is 13.7 Å². The van der Waals surface area contributed by atoms with Crippen LogP contribution in [-0.4, -0.2) is 18.2 Å². The van der Waals surface area contributed by atoms with Gasteiger partial charge in [-0.15, -0.1) is 11.3 Å². The number of carbonyl (C=O) groups excluding carboxylic acids is 1. The molecule has 0 aliphatic carbocycles. The van der Waals surface area contributed by atoms with Gasteiger partial charge in [0, 0.05) is 16.3 Å². The van der Waals surface area contributed by atoms with Crippen molar-refractivity contribution >= 4 is 28.7 Å². The van der Waals surface area contributed by atoms with Gasteiger partial charge in [-0.1, -0.05) is 12.1 Å². The van der Waals surface area contributed by atoms with E-state index in [4.69, 9.17) is 4.74 Å². The van der Waals surface area contributed by atoms with Gasteiger partial charge in [-0.3, -0.25) is 0 Å². The molecule has 3 N–H and O–H groups in total. The Kier molecular flexibility index (Phi) is 6.27. The lowest BCUT2D eigenvalue weighted by Crippen LogP contribution is -2.34. The van der Waals surface area contributed by atoms with Crippen LogP contribution in [0.15, 0.2) is 53.2 Å². The van der Waals surface area contributed by atoms with Crippen molar-refractivity contribution < 1.29 is 14.6 Å². The molecule has 1 atom stereocenters. The maximum absolute atomic E-state index is 11.9. The van der Waals surface area contributed by atoms with Gasteiger partial charge >= 0.3 is 6.03 Å². The molecule has 2 aromatic heterocycles. The Morgan fingerprint density at radius 3 is 2.58 bits per heavy atom. The van der Waals surface area contributed by atoms with E-state index in [0.29, 0.717) is 13.1 Å². The summed E-state index contributed by atoms with van der Waals surface area (Å²) in [5, 5.41) is 19.9. The number of nitrogens with one attached hydrogen (secondary N) is 2. The van der Waals surface area contributed by atoms with Crippen molar-refractivity contribution in [2.24, 2.45) is 0 Å². The molecule has 3 rings (SSSR count). The first-order valence-electron chi connectivity index (χ1n) is 8.09. The highest BCUT2D eigenvalue weighted by molar-refractivity contribution is 7.12. The molecule has 3 aromatic rings. The number of hydrogen-bond donors (Lipinski definition) is 3. The zero-order chi connectivity index (χ0) is 18.4. The fraction of sp³-hybridized carbons (Fsp3) is 0.211. The molecule has 0 saturated carbocycles. The van der Waals surface area contributed by atoms with Crippen molar-refractivity contribution in [3.8, 4) is 5.75 Å². The van der Waals surface area contributed by atoms with Crippen molar-refractivity contribution in [2.75, 3.05) is 7.11 Å². The fourth-order valence-electron chi connectivity index (χ4n) is 2.39. The first-order valence-corrected chi connectivity index (χ1v) is 9.85. The number of amides is 2. The van der Waals surface area contributed by atoms with Crippen LogP contribution in [0.3, 0.4) is 0 Å². The zero-order valence-electron chi connectivity index (χ0n) is 14.3. The van der Waals surface area contributed by atoms with Gasteiger partial charge < -0.3 is 20.5 Å². The minimum Gasteiger partial charge on any atom is -0.497 e. The van der Waals surface area contributed by atoms with Crippen LogP contribution in [0.25, 0.3) is 0 Å². The molecule has 0 aliphatic rings. The van der Waals surface area contributed by atoms with E-state index in [1.807, 2.05) is 53.2 Å². The Morgan fingerprint density at radius 2 is 1.88 bits per heavy atom. The van der Waals surface area contributed by atoms with Gasteiger partial charge in [-0.25, -0.2) is 4.79 Å². The average Bonchev–Trinajstić information content (AvgIpc) is 3.36. The molecular weight excluding hydrogens is 368 g/mol. The second kappa shape index (κ2) is 8.84. The number of aliphatic hydroxyl groups is 1. The number of ether oxygens (including phenoxy) is 1. The smallest absolute Gasteiger partial charge is 0.315 e. The van der Waals surface area contributed by atoms with Crippen molar-refractivity contribution in [3.05, 3.63) is 74.1 Å². The zero-order valence-corrected chi connectivity index (χ0v) is 15.9. The molecule has 7 heteroatoms. The minimum absolute atomic E-state index is 0.228. The SMILES string of the molecule is COc1ccc(CNC(=O)NCc2ccc([C@@H](O)c3ccsc3)s2)cc1. The van der Waals surface area contributed by atoms with E-state index in [-0.39, 0.29) is 6.03 Å². The molecule has 0 saturated heterocycles. The standard InChI is InChI=1S/C19H20N2O3S2/c1-24-15-4-2-13(3-5-15)10-20-19(23)21-11-16-6-7-17(26-16)18(22)14-8-9-25-12-14/h2-9,12,18,22H,10-11H2,1H3,(H2,20,21,23)/t18-/m0/s1.